The lowest BCUT2D eigenvalue weighted by molar-refractivity contribution is -0.124. The minimum absolute atomic E-state index is 0.384. The number of rotatable bonds is 8. The fourth-order valence-corrected chi connectivity index (χ4v) is 2.18. The molecule has 0 bridgehead atoms. The smallest absolute Gasteiger partial charge is 0.242 e. The van der Waals surface area contributed by atoms with Crippen LogP contribution in [0.4, 0.5) is 0 Å². The summed E-state index contributed by atoms with van der Waals surface area (Å²) >= 11 is 0. The molecular formula is C16H26N2O2. The summed E-state index contributed by atoms with van der Waals surface area (Å²) in [5.41, 5.74) is 6.85. The topological polar surface area (TPSA) is 64.3 Å². The van der Waals surface area contributed by atoms with Crippen molar-refractivity contribution in [2.75, 3.05) is 20.3 Å². The lowest BCUT2D eigenvalue weighted by Crippen LogP contribution is -2.51. The molecule has 1 amide bonds. The van der Waals surface area contributed by atoms with Crippen LogP contribution in [0.25, 0.3) is 0 Å². The van der Waals surface area contributed by atoms with Crippen LogP contribution in [0.2, 0.25) is 0 Å². The second-order valence-corrected chi connectivity index (χ2v) is 5.70. The third-order valence-electron chi connectivity index (χ3n) is 3.45. The zero-order chi connectivity index (χ0) is 15.2. The number of primary amides is 1. The fourth-order valence-electron chi connectivity index (χ4n) is 2.18. The Morgan fingerprint density at radius 2 is 1.95 bits per heavy atom. The number of methoxy groups -OCH3 is 1. The van der Waals surface area contributed by atoms with Gasteiger partial charge in [-0.2, -0.15) is 0 Å². The third kappa shape index (κ3) is 4.32. The van der Waals surface area contributed by atoms with Gasteiger partial charge in [0.15, 0.2) is 0 Å². The molecule has 1 unspecified atom stereocenters. The molecule has 1 rings (SSSR count). The summed E-state index contributed by atoms with van der Waals surface area (Å²) in [5.74, 6) is 0.230. The van der Waals surface area contributed by atoms with Crippen molar-refractivity contribution in [2.24, 2.45) is 11.7 Å². The highest BCUT2D eigenvalue weighted by Gasteiger charge is 2.32. The molecule has 1 aromatic carbocycles. The molecule has 0 aliphatic rings. The van der Waals surface area contributed by atoms with Crippen LogP contribution in [0.5, 0.6) is 0 Å². The van der Waals surface area contributed by atoms with Crippen LogP contribution < -0.4 is 11.1 Å². The Bertz CT molecular complexity index is 429. The lowest BCUT2D eigenvalue weighted by atomic mass is 9.89. The number of carbonyl (C=O) groups is 1. The summed E-state index contributed by atoms with van der Waals surface area (Å²) in [7, 11) is 1.63. The van der Waals surface area contributed by atoms with E-state index in [1.807, 2.05) is 19.1 Å². The van der Waals surface area contributed by atoms with Gasteiger partial charge in [0.2, 0.25) is 5.91 Å². The van der Waals surface area contributed by atoms with Gasteiger partial charge in [0.05, 0.1) is 6.61 Å². The molecule has 0 spiro atoms. The zero-order valence-corrected chi connectivity index (χ0v) is 12.9. The number of ether oxygens (including phenoxy) is 1. The molecule has 0 fully saturated rings. The van der Waals surface area contributed by atoms with E-state index in [1.54, 1.807) is 7.11 Å². The maximum absolute atomic E-state index is 11.8. The van der Waals surface area contributed by atoms with E-state index < -0.39 is 5.54 Å². The second-order valence-electron chi connectivity index (χ2n) is 5.70. The number of amides is 1. The second kappa shape index (κ2) is 7.41. The van der Waals surface area contributed by atoms with Gasteiger partial charge in [-0.25, -0.2) is 0 Å². The normalized spacial score (nSPS) is 14.2. The molecule has 112 valence electrons. The molecule has 1 aromatic rings. The van der Waals surface area contributed by atoms with Crippen molar-refractivity contribution >= 4 is 5.91 Å². The van der Waals surface area contributed by atoms with Crippen LogP contribution >= 0.6 is 0 Å². The maximum Gasteiger partial charge on any atom is 0.242 e. The molecule has 0 radical (unpaired) electrons. The Morgan fingerprint density at radius 1 is 1.35 bits per heavy atom. The molecule has 0 aromatic heterocycles. The SMILES string of the molecule is COCCNC(C)(C(N)=O)c1ccc(CC(C)C)cc1. The highest BCUT2D eigenvalue weighted by molar-refractivity contribution is 5.85. The van der Waals surface area contributed by atoms with E-state index in [1.165, 1.54) is 5.56 Å². The monoisotopic (exact) mass is 278 g/mol. The van der Waals surface area contributed by atoms with Gasteiger partial charge in [-0.15, -0.1) is 0 Å². The molecule has 0 heterocycles. The summed E-state index contributed by atoms with van der Waals surface area (Å²) < 4.78 is 5.00. The largest absolute Gasteiger partial charge is 0.383 e. The molecule has 0 aliphatic heterocycles. The average molecular weight is 278 g/mol. The highest BCUT2D eigenvalue weighted by Crippen LogP contribution is 2.21. The lowest BCUT2D eigenvalue weighted by Gasteiger charge is -2.28. The number of nitrogens with one attached hydrogen (secondary N) is 1. The number of benzene rings is 1. The molecule has 0 saturated heterocycles. The predicted molar refractivity (Wildman–Crippen MR) is 81.4 cm³/mol. The van der Waals surface area contributed by atoms with Gasteiger partial charge in [-0.05, 0) is 30.4 Å². The Balaban J connectivity index is 2.88. The number of nitrogens with two attached hydrogens (primary N) is 1. The van der Waals surface area contributed by atoms with Crippen molar-refractivity contribution in [2.45, 2.75) is 32.7 Å². The molecule has 20 heavy (non-hydrogen) atoms. The van der Waals surface area contributed by atoms with Gasteiger partial charge in [0.1, 0.15) is 5.54 Å². The van der Waals surface area contributed by atoms with Crippen LogP contribution in [0.1, 0.15) is 31.9 Å². The first kappa shape index (κ1) is 16.7. The van der Waals surface area contributed by atoms with Crippen molar-refractivity contribution in [1.82, 2.24) is 5.32 Å². The van der Waals surface area contributed by atoms with Gasteiger partial charge in [0, 0.05) is 13.7 Å². The molecule has 0 saturated carbocycles. The van der Waals surface area contributed by atoms with Crippen LogP contribution in [0.15, 0.2) is 24.3 Å². The van der Waals surface area contributed by atoms with Crippen LogP contribution in [0.3, 0.4) is 0 Å². The molecule has 0 aliphatic carbocycles. The van der Waals surface area contributed by atoms with Gasteiger partial charge in [0.25, 0.3) is 0 Å². The Kier molecular flexibility index (Phi) is 6.17. The minimum atomic E-state index is -0.866. The van der Waals surface area contributed by atoms with E-state index in [0.29, 0.717) is 19.1 Å². The summed E-state index contributed by atoms with van der Waals surface area (Å²) in [6, 6.07) is 8.08. The highest BCUT2D eigenvalue weighted by atomic mass is 16.5. The van der Waals surface area contributed by atoms with Gasteiger partial charge in [-0.1, -0.05) is 38.1 Å². The summed E-state index contributed by atoms with van der Waals surface area (Å²) in [4.78, 5) is 11.8. The first-order valence-corrected chi connectivity index (χ1v) is 7.03. The van der Waals surface area contributed by atoms with Crippen molar-refractivity contribution in [1.29, 1.82) is 0 Å². The van der Waals surface area contributed by atoms with Crippen molar-refractivity contribution in [3.8, 4) is 0 Å². The first-order valence-electron chi connectivity index (χ1n) is 7.03. The Morgan fingerprint density at radius 3 is 2.40 bits per heavy atom. The maximum atomic E-state index is 11.8. The first-order chi connectivity index (χ1) is 9.40. The van der Waals surface area contributed by atoms with Crippen LogP contribution in [-0.2, 0) is 21.5 Å². The molecule has 4 nitrogen and oxygen atoms in total. The standard InChI is InChI=1S/C16H26N2O2/c1-12(2)11-13-5-7-14(8-6-13)16(3,15(17)19)18-9-10-20-4/h5-8,12,18H,9-11H2,1-4H3,(H2,17,19). The van der Waals surface area contributed by atoms with E-state index in [-0.39, 0.29) is 5.91 Å². The Hall–Kier alpha value is -1.39. The molecule has 1 atom stereocenters. The molecular weight excluding hydrogens is 252 g/mol. The van der Waals surface area contributed by atoms with Crippen molar-refractivity contribution in [3.63, 3.8) is 0 Å². The van der Waals surface area contributed by atoms with Crippen LogP contribution in [0, 0.1) is 5.92 Å². The van der Waals surface area contributed by atoms with E-state index in [2.05, 4.69) is 31.3 Å². The Labute approximate surface area is 121 Å². The van der Waals surface area contributed by atoms with E-state index >= 15 is 0 Å². The van der Waals surface area contributed by atoms with Crippen molar-refractivity contribution in [3.05, 3.63) is 35.4 Å². The number of hydrogen-bond acceptors (Lipinski definition) is 3. The summed E-state index contributed by atoms with van der Waals surface area (Å²) in [6.45, 7) is 7.29. The minimum Gasteiger partial charge on any atom is -0.383 e. The van der Waals surface area contributed by atoms with Gasteiger partial charge >= 0.3 is 0 Å². The average Bonchev–Trinajstić information content (AvgIpc) is 2.38. The van der Waals surface area contributed by atoms with E-state index in [4.69, 9.17) is 10.5 Å². The molecule has 4 heteroatoms. The molecule has 3 N–H and O–H groups in total. The summed E-state index contributed by atoms with van der Waals surface area (Å²) in [5, 5.41) is 3.17. The van der Waals surface area contributed by atoms with E-state index in [9.17, 15) is 4.79 Å². The fraction of sp³-hybridized carbons (Fsp3) is 0.562. The zero-order valence-electron chi connectivity index (χ0n) is 12.9. The predicted octanol–water partition coefficient (Wildman–Crippen LogP) is 1.82. The quantitative estimate of drug-likeness (QED) is 0.713. The van der Waals surface area contributed by atoms with Crippen molar-refractivity contribution < 1.29 is 9.53 Å². The van der Waals surface area contributed by atoms with E-state index in [0.717, 1.165) is 12.0 Å². The van der Waals surface area contributed by atoms with Gasteiger partial charge in [-0.3, -0.25) is 10.1 Å². The third-order valence-corrected chi connectivity index (χ3v) is 3.45. The van der Waals surface area contributed by atoms with Gasteiger partial charge < -0.3 is 10.5 Å². The van der Waals surface area contributed by atoms with Crippen LogP contribution in [-0.4, -0.2) is 26.2 Å². The summed E-state index contributed by atoms with van der Waals surface area (Å²) in [6.07, 6.45) is 1.03. The number of carbonyl (C=O) groups excluding carboxylic acids is 1. The number of hydrogen-bond donors (Lipinski definition) is 2.